The van der Waals surface area contributed by atoms with Crippen molar-refractivity contribution in [3.63, 3.8) is 0 Å². The summed E-state index contributed by atoms with van der Waals surface area (Å²) in [5, 5.41) is 0. The molecule has 11 heavy (non-hydrogen) atoms. The van der Waals surface area contributed by atoms with Crippen molar-refractivity contribution in [3.05, 3.63) is 29.7 Å². The van der Waals surface area contributed by atoms with Gasteiger partial charge in [0.15, 0.2) is 5.78 Å². The molecule has 0 aliphatic heterocycles. The Morgan fingerprint density at radius 1 is 1.55 bits per heavy atom. The van der Waals surface area contributed by atoms with E-state index in [2.05, 4.69) is 0 Å². The van der Waals surface area contributed by atoms with E-state index in [9.17, 15) is 4.79 Å². The molecule has 0 aliphatic carbocycles. The Hall–Kier alpha value is -1.31. The average molecular weight is 150 g/mol. The summed E-state index contributed by atoms with van der Waals surface area (Å²) in [6.45, 7) is 3.37. The minimum absolute atomic E-state index is 0.0269. The lowest BCUT2D eigenvalue weighted by atomic mass is 10.3. The topological polar surface area (TPSA) is 30.2 Å². The van der Waals surface area contributed by atoms with Crippen LogP contribution in [-0.4, -0.2) is 5.78 Å². The highest BCUT2D eigenvalue weighted by Crippen LogP contribution is 2.07. The molecule has 0 saturated heterocycles. The van der Waals surface area contributed by atoms with Crippen LogP contribution in [0.1, 0.15) is 18.4 Å². The summed E-state index contributed by atoms with van der Waals surface area (Å²) >= 11 is 0. The van der Waals surface area contributed by atoms with E-state index in [1.54, 1.807) is 6.08 Å². The lowest BCUT2D eigenvalue weighted by Gasteiger charge is -1.82. The Morgan fingerprint density at radius 2 is 2.27 bits per heavy atom. The van der Waals surface area contributed by atoms with Gasteiger partial charge in [-0.15, -0.1) is 0 Å². The van der Waals surface area contributed by atoms with Gasteiger partial charge in [-0.1, -0.05) is 0 Å². The van der Waals surface area contributed by atoms with Gasteiger partial charge in [0.05, 0.1) is 0 Å². The first-order valence-electron chi connectivity index (χ1n) is 3.43. The second-order valence-electron chi connectivity index (χ2n) is 2.39. The van der Waals surface area contributed by atoms with E-state index >= 15 is 0 Å². The molecule has 0 bridgehead atoms. The number of carbonyl (C=O) groups is 1. The standard InChI is InChI=1S/C9H10O2/c1-7(10)3-5-9-6-4-8(2)11-9/h3-6H,1-2H3/b5-3+. The maximum absolute atomic E-state index is 10.5. The molecule has 0 fully saturated rings. The SMILES string of the molecule is CC(=O)/C=C/c1ccc(C)o1. The minimum atomic E-state index is 0.0269. The first-order chi connectivity index (χ1) is 5.18. The van der Waals surface area contributed by atoms with Gasteiger partial charge in [0.1, 0.15) is 11.5 Å². The van der Waals surface area contributed by atoms with Crippen LogP contribution in [0.5, 0.6) is 0 Å². The van der Waals surface area contributed by atoms with Crippen LogP contribution in [0.3, 0.4) is 0 Å². The van der Waals surface area contributed by atoms with Crippen LogP contribution in [0, 0.1) is 6.92 Å². The molecule has 58 valence electrons. The molecule has 0 atom stereocenters. The first-order valence-corrected chi connectivity index (χ1v) is 3.43. The van der Waals surface area contributed by atoms with Crippen LogP contribution in [-0.2, 0) is 4.79 Å². The molecule has 0 radical (unpaired) electrons. The van der Waals surface area contributed by atoms with Gasteiger partial charge in [0.2, 0.25) is 0 Å². The third-order valence-corrected chi connectivity index (χ3v) is 1.24. The molecule has 1 aromatic heterocycles. The van der Waals surface area contributed by atoms with E-state index in [-0.39, 0.29) is 5.78 Å². The number of aryl methyl sites for hydroxylation is 1. The van der Waals surface area contributed by atoms with E-state index in [1.165, 1.54) is 13.0 Å². The van der Waals surface area contributed by atoms with Crippen molar-refractivity contribution in [1.82, 2.24) is 0 Å². The summed E-state index contributed by atoms with van der Waals surface area (Å²) in [6, 6.07) is 3.69. The summed E-state index contributed by atoms with van der Waals surface area (Å²) < 4.78 is 5.19. The Kier molecular flexibility index (Phi) is 2.26. The Labute approximate surface area is 65.5 Å². The van der Waals surface area contributed by atoms with Crippen LogP contribution in [0.4, 0.5) is 0 Å². The quantitative estimate of drug-likeness (QED) is 0.605. The van der Waals surface area contributed by atoms with Crippen molar-refractivity contribution in [2.75, 3.05) is 0 Å². The molecule has 1 heterocycles. The van der Waals surface area contributed by atoms with Gasteiger partial charge in [-0.2, -0.15) is 0 Å². The maximum Gasteiger partial charge on any atom is 0.152 e. The maximum atomic E-state index is 10.5. The second kappa shape index (κ2) is 3.19. The second-order valence-corrected chi connectivity index (χ2v) is 2.39. The number of hydrogen-bond acceptors (Lipinski definition) is 2. The molecular weight excluding hydrogens is 140 g/mol. The molecule has 2 nitrogen and oxygen atoms in total. The number of rotatable bonds is 2. The van der Waals surface area contributed by atoms with Crippen LogP contribution in [0.2, 0.25) is 0 Å². The van der Waals surface area contributed by atoms with E-state index in [0.29, 0.717) is 0 Å². The summed E-state index contributed by atoms with van der Waals surface area (Å²) in [5.74, 6) is 1.60. The van der Waals surface area contributed by atoms with E-state index in [1.807, 2.05) is 19.1 Å². The van der Waals surface area contributed by atoms with Gasteiger partial charge in [0.25, 0.3) is 0 Å². The van der Waals surface area contributed by atoms with E-state index in [4.69, 9.17) is 4.42 Å². The van der Waals surface area contributed by atoms with Gasteiger partial charge in [-0.25, -0.2) is 0 Å². The minimum Gasteiger partial charge on any atom is -0.462 e. The predicted octanol–water partition coefficient (Wildman–Crippen LogP) is 2.19. The third-order valence-electron chi connectivity index (χ3n) is 1.24. The van der Waals surface area contributed by atoms with Crippen molar-refractivity contribution in [2.24, 2.45) is 0 Å². The lowest BCUT2D eigenvalue weighted by Crippen LogP contribution is -1.78. The van der Waals surface area contributed by atoms with Gasteiger partial charge in [-0.3, -0.25) is 4.79 Å². The lowest BCUT2D eigenvalue weighted by molar-refractivity contribution is -0.112. The molecule has 1 aromatic rings. The molecular formula is C9H10O2. The van der Waals surface area contributed by atoms with Crippen molar-refractivity contribution in [3.8, 4) is 0 Å². The van der Waals surface area contributed by atoms with Crippen LogP contribution in [0.15, 0.2) is 22.6 Å². The zero-order chi connectivity index (χ0) is 8.27. The van der Waals surface area contributed by atoms with Gasteiger partial charge in [0, 0.05) is 0 Å². The molecule has 0 N–H and O–H groups in total. The van der Waals surface area contributed by atoms with E-state index in [0.717, 1.165) is 11.5 Å². The van der Waals surface area contributed by atoms with Crippen LogP contribution >= 0.6 is 0 Å². The third kappa shape index (κ3) is 2.42. The van der Waals surface area contributed by atoms with Crippen molar-refractivity contribution in [1.29, 1.82) is 0 Å². The van der Waals surface area contributed by atoms with Crippen molar-refractivity contribution >= 4 is 11.9 Å². The van der Waals surface area contributed by atoms with Crippen LogP contribution in [0.25, 0.3) is 6.08 Å². The summed E-state index contributed by atoms with van der Waals surface area (Å²) in [7, 11) is 0. The van der Waals surface area contributed by atoms with Gasteiger partial charge in [-0.05, 0) is 38.1 Å². The molecule has 0 aromatic carbocycles. The molecule has 0 amide bonds. The fourth-order valence-electron chi connectivity index (χ4n) is 0.742. The Morgan fingerprint density at radius 3 is 2.73 bits per heavy atom. The largest absolute Gasteiger partial charge is 0.462 e. The van der Waals surface area contributed by atoms with E-state index < -0.39 is 0 Å². The number of ketones is 1. The normalized spacial score (nSPS) is 10.7. The molecule has 1 rings (SSSR count). The van der Waals surface area contributed by atoms with Gasteiger partial charge < -0.3 is 4.42 Å². The zero-order valence-corrected chi connectivity index (χ0v) is 6.63. The highest BCUT2D eigenvalue weighted by molar-refractivity contribution is 5.91. The molecule has 0 spiro atoms. The predicted molar refractivity (Wildman–Crippen MR) is 43.2 cm³/mol. The Bertz CT molecular complexity index is 282. The molecule has 2 heteroatoms. The fourth-order valence-corrected chi connectivity index (χ4v) is 0.742. The highest BCUT2D eigenvalue weighted by Gasteiger charge is 1.92. The zero-order valence-electron chi connectivity index (χ0n) is 6.63. The van der Waals surface area contributed by atoms with Crippen molar-refractivity contribution < 1.29 is 9.21 Å². The fraction of sp³-hybridized carbons (Fsp3) is 0.222. The number of furan rings is 1. The Balaban J connectivity index is 2.71. The number of hydrogen-bond donors (Lipinski definition) is 0. The molecule has 0 aliphatic rings. The molecule has 0 saturated carbocycles. The number of carbonyl (C=O) groups excluding carboxylic acids is 1. The smallest absolute Gasteiger partial charge is 0.152 e. The monoisotopic (exact) mass is 150 g/mol. The molecule has 0 unspecified atom stereocenters. The van der Waals surface area contributed by atoms with Crippen molar-refractivity contribution in [2.45, 2.75) is 13.8 Å². The summed E-state index contributed by atoms with van der Waals surface area (Å²) in [4.78, 5) is 10.5. The summed E-state index contributed by atoms with van der Waals surface area (Å²) in [5.41, 5.74) is 0. The van der Waals surface area contributed by atoms with Gasteiger partial charge >= 0.3 is 0 Å². The average Bonchev–Trinajstić information content (AvgIpc) is 2.31. The van der Waals surface area contributed by atoms with Crippen LogP contribution < -0.4 is 0 Å². The first kappa shape index (κ1) is 7.79. The number of allylic oxidation sites excluding steroid dienone is 1. The summed E-state index contributed by atoms with van der Waals surface area (Å²) in [6.07, 6.45) is 3.15. The highest BCUT2D eigenvalue weighted by atomic mass is 16.3.